The van der Waals surface area contributed by atoms with Crippen molar-refractivity contribution in [2.24, 2.45) is 0 Å². The quantitative estimate of drug-likeness (QED) is 0.307. The number of rotatable bonds is 4. The van der Waals surface area contributed by atoms with E-state index in [1.54, 1.807) is 0 Å². The third-order valence-electron chi connectivity index (χ3n) is 6.22. The topological polar surface area (TPSA) is 13.1 Å². The van der Waals surface area contributed by atoms with Crippen molar-refractivity contribution in [2.45, 2.75) is 26.2 Å². The van der Waals surface area contributed by atoms with Gasteiger partial charge in [0.2, 0.25) is 0 Å². The van der Waals surface area contributed by atoms with Crippen molar-refractivity contribution in [3.05, 3.63) is 95.6 Å². The van der Waals surface area contributed by atoms with Crippen molar-refractivity contribution in [3.63, 3.8) is 0 Å². The van der Waals surface area contributed by atoms with Crippen molar-refractivity contribution in [1.82, 2.24) is 0 Å². The number of furan rings is 1. The molecule has 140 valence electrons. The molecule has 1 heteroatoms. The minimum absolute atomic E-state index is 0.978. The first-order valence-electron chi connectivity index (χ1n) is 10.5. The molecule has 1 heterocycles. The zero-order chi connectivity index (χ0) is 19.4. The van der Waals surface area contributed by atoms with Gasteiger partial charge in [0, 0.05) is 16.3 Å². The molecule has 4 aromatic carbocycles. The fourth-order valence-electron chi connectivity index (χ4n) is 5.11. The molecule has 0 unspecified atom stereocenters. The van der Waals surface area contributed by atoms with Crippen LogP contribution >= 0.6 is 0 Å². The van der Waals surface area contributed by atoms with Crippen LogP contribution in [0.5, 0.6) is 0 Å². The van der Waals surface area contributed by atoms with E-state index in [-0.39, 0.29) is 0 Å². The molecule has 0 spiro atoms. The summed E-state index contributed by atoms with van der Waals surface area (Å²) in [4.78, 5) is 0. The Kier molecular flexibility index (Phi) is 3.64. The molecule has 0 N–H and O–H groups in total. The second-order valence-electron chi connectivity index (χ2n) is 7.96. The summed E-state index contributed by atoms with van der Waals surface area (Å²) in [7, 11) is 0. The van der Waals surface area contributed by atoms with Gasteiger partial charge in [0.1, 0.15) is 11.2 Å². The maximum absolute atomic E-state index is 6.51. The van der Waals surface area contributed by atoms with Crippen molar-refractivity contribution in [3.8, 4) is 22.3 Å². The molecule has 0 atom stereocenters. The zero-order valence-electron chi connectivity index (χ0n) is 16.5. The van der Waals surface area contributed by atoms with Crippen LogP contribution in [0.1, 0.15) is 30.0 Å². The van der Waals surface area contributed by atoms with E-state index in [0.717, 1.165) is 30.4 Å². The predicted octanol–water partition coefficient (Wildman–Crippen LogP) is 7.78. The molecule has 5 aromatic rings. The number of benzene rings is 4. The monoisotopic (exact) mass is 374 g/mol. The minimum Gasteiger partial charge on any atom is -0.456 e. The molecule has 0 saturated carbocycles. The molecule has 0 radical (unpaired) electrons. The van der Waals surface area contributed by atoms with E-state index >= 15 is 0 Å². The molecule has 1 aliphatic carbocycles. The maximum atomic E-state index is 6.51. The lowest BCUT2D eigenvalue weighted by Crippen LogP contribution is -1.99. The Hall–Kier alpha value is -3.32. The highest BCUT2D eigenvalue weighted by Crippen LogP contribution is 2.50. The van der Waals surface area contributed by atoms with Crippen LogP contribution in [0, 0.1) is 0 Å². The average Bonchev–Trinajstić information content (AvgIpc) is 3.35. The molecule has 0 saturated heterocycles. The second kappa shape index (κ2) is 6.35. The lowest BCUT2D eigenvalue weighted by atomic mass is 9.84. The van der Waals surface area contributed by atoms with Crippen LogP contribution in [0.2, 0.25) is 0 Å². The summed E-state index contributed by atoms with van der Waals surface area (Å²) in [5, 5.41) is 2.67. The van der Waals surface area contributed by atoms with Crippen LogP contribution in [0.25, 0.3) is 44.2 Å². The summed E-state index contributed by atoms with van der Waals surface area (Å²) < 4.78 is 6.51. The Bertz CT molecular complexity index is 1360. The van der Waals surface area contributed by atoms with Crippen molar-refractivity contribution < 1.29 is 4.42 Å². The summed E-state index contributed by atoms with van der Waals surface area (Å²) in [5.41, 5.74) is 11.6. The van der Waals surface area contributed by atoms with Gasteiger partial charge in [0.25, 0.3) is 0 Å². The van der Waals surface area contributed by atoms with E-state index in [9.17, 15) is 0 Å². The Morgan fingerprint density at radius 3 is 2.10 bits per heavy atom. The molecular weight excluding hydrogens is 352 g/mol. The van der Waals surface area contributed by atoms with Gasteiger partial charge < -0.3 is 4.42 Å². The second-order valence-corrected chi connectivity index (χ2v) is 7.96. The molecule has 1 aromatic heterocycles. The molecular formula is C28H22O. The molecule has 6 rings (SSSR count). The Balaban J connectivity index is 1.84. The molecule has 1 aliphatic rings. The summed E-state index contributed by atoms with van der Waals surface area (Å²) in [5.74, 6) is 0. The van der Waals surface area contributed by atoms with Crippen LogP contribution in [-0.4, -0.2) is 0 Å². The largest absolute Gasteiger partial charge is 0.456 e. The van der Waals surface area contributed by atoms with Gasteiger partial charge >= 0.3 is 0 Å². The third kappa shape index (κ3) is 2.34. The van der Waals surface area contributed by atoms with Gasteiger partial charge in [-0.15, -0.1) is 0 Å². The van der Waals surface area contributed by atoms with Crippen molar-refractivity contribution in [1.29, 1.82) is 0 Å². The predicted molar refractivity (Wildman–Crippen MR) is 121 cm³/mol. The smallest absolute Gasteiger partial charge is 0.139 e. The number of hydrogen-bond acceptors (Lipinski definition) is 1. The van der Waals surface area contributed by atoms with E-state index < -0.39 is 0 Å². The first-order chi connectivity index (χ1) is 14.4. The van der Waals surface area contributed by atoms with Gasteiger partial charge in [-0.05, 0) is 52.3 Å². The Morgan fingerprint density at radius 1 is 0.724 bits per heavy atom. The fraction of sp³-hybridized carbons (Fsp3) is 0.143. The number of aryl methyl sites for hydroxylation is 1. The average molecular weight is 374 g/mol. The standard InChI is InChI=1S/C28H22O/c1-2-10-21-24(18-11-5-3-6-12-18)25(19-13-7-4-8-14-19)22-17-20-15-9-16-23-26(20)27(22)28(21)29-23/h3-9,11-16H,2,10,17H2,1H3. The highest BCUT2D eigenvalue weighted by atomic mass is 16.3. The van der Waals surface area contributed by atoms with Gasteiger partial charge in [-0.1, -0.05) is 86.1 Å². The van der Waals surface area contributed by atoms with Crippen molar-refractivity contribution in [2.75, 3.05) is 0 Å². The molecule has 0 amide bonds. The van der Waals surface area contributed by atoms with E-state index in [1.165, 1.54) is 49.7 Å². The molecule has 0 aliphatic heterocycles. The Labute approximate surface area is 170 Å². The minimum atomic E-state index is 0.978. The zero-order valence-corrected chi connectivity index (χ0v) is 16.5. The van der Waals surface area contributed by atoms with Crippen LogP contribution < -0.4 is 0 Å². The first kappa shape index (κ1) is 16.6. The van der Waals surface area contributed by atoms with E-state index in [4.69, 9.17) is 4.42 Å². The van der Waals surface area contributed by atoms with Crippen LogP contribution in [-0.2, 0) is 12.8 Å². The van der Waals surface area contributed by atoms with Gasteiger partial charge in [-0.2, -0.15) is 0 Å². The normalized spacial score (nSPS) is 12.4. The van der Waals surface area contributed by atoms with Crippen LogP contribution in [0.3, 0.4) is 0 Å². The maximum Gasteiger partial charge on any atom is 0.139 e. The summed E-state index contributed by atoms with van der Waals surface area (Å²) >= 11 is 0. The Morgan fingerprint density at radius 2 is 1.41 bits per heavy atom. The lowest BCUT2D eigenvalue weighted by molar-refractivity contribution is 0.660. The van der Waals surface area contributed by atoms with Crippen molar-refractivity contribution >= 4 is 21.9 Å². The van der Waals surface area contributed by atoms with Crippen LogP contribution in [0.4, 0.5) is 0 Å². The summed E-state index contributed by atoms with van der Waals surface area (Å²) in [6.45, 7) is 2.25. The van der Waals surface area contributed by atoms with Gasteiger partial charge in [-0.25, -0.2) is 0 Å². The van der Waals surface area contributed by atoms with E-state index in [0.29, 0.717) is 0 Å². The SMILES string of the molecule is CCCc1c(-c2ccccc2)c(-c2ccccc2)c2c3c1oc1cccc(c13)C2. The van der Waals surface area contributed by atoms with Gasteiger partial charge in [-0.3, -0.25) is 0 Å². The molecule has 29 heavy (non-hydrogen) atoms. The van der Waals surface area contributed by atoms with E-state index in [1.807, 2.05) is 0 Å². The molecule has 0 fully saturated rings. The van der Waals surface area contributed by atoms with Gasteiger partial charge in [0.05, 0.1) is 0 Å². The number of hydrogen-bond donors (Lipinski definition) is 0. The highest BCUT2D eigenvalue weighted by molar-refractivity contribution is 6.17. The lowest BCUT2D eigenvalue weighted by Gasteiger charge is -2.20. The molecule has 0 bridgehead atoms. The first-order valence-corrected chi connectivity index (χ1v) is 10.5. The third-order valence-corrected chi connectivity index (χ3v) is 6.22. The van der Waals surface area contributed by atoms with Gasteiger partial charge in [0.15, 0.2) is 0 Å². The molecule has 1 nitrogen and oxygen atoms in total. The summed E-state index contributed by atoms with van der Waals surface area (Å²) in [6.07, 6.45) is 3.08. The van der Waals surface area contributed by atoms with Crippen LogP contribution in [0.15, 0.2) is 83.3 Å². The van der Waals surface area contributed by atoms with E-state index in [2.05, 4.69) is 85.8 Å². The highest BCUT2D eigenvalue weighted by Gasteiger charge is 2.29. The fourth-order valence-corrected chi connectivity index (χ4v) is 5.11. The summed E-state index contributed by atoms with van der Waals surface area (Å²) in [6, 6.07) is 28.2.